The number of urea groups is 1. The molecule has 0 aliphatic rings. The van der Waals surface area contributed by atoms with Crippen molar-refractivity contribution >= 4 is 23.4 Å². The largest absolute Gasteiger partial charge is 0.398 e. The second-order valence-corrected chi connectivity index (χ2v) is 5.67. The maximum Gasteiger partial charge on any atom is 0.345 e. The lowest BCUT2D eigenvalue weighted by Crippen LogP contribution is -2.35. The van der Waals surface area contributed by atoms with Gasteiger partial charge in [0.15, 0.2) is 0 Å². The number of alkyl halides is 2. The van der Waals surface area contributed by atoms with E-state index in [2.05, 4.69) is 25.3 Å². The molecule has 1 aromatic carbocycles. The van der Waals surface area contributed by atoms with Crippen LogP contribution in [0, 0.1) is 0 Å². The molecule has 8 nitrogen and oxygen atoms in total. The summed E-state index contributed by atoms with van der Waals surface area (Å²) < 4.78 is 29.2. The molecule has 2 amide bonds. The third-order valence-electron chi connectivity index (χ3n) is 3.68. The number of nitrogen functional groups attached to an aromatic ring is 1. The minimum absolute atomic E-state index is 0.171. The highest BCUT2D eigenvalue weighted by Gasteiger charge is 2.18. The van der Waals surface area contributed by atoms with Crippen LogP contribution < -0.4 is 22.1 Å². The smallest absolute Gasteiger partial charge is 0.345 e. The van der Waals surface area contributed by atoms with Crippen LogP contribution in [0.4, 0.5) is 25.1 Å². The lowest BCUT2D eigenvalue weighted by molar-refractivity contribution is -0.133. The maximum absolute atomic E-state index is 12.4. The molecule has 0 aliphatic carbocycles. The van der Waals surface area contributed by atoms with Crippen LogP contribution in [0.15, 0.2) is 47.6 Å². The number of ether oxygens (including phenoxy) is 1. The number of benzene rings is 1. The number of hydrogen-bond acceptors (Lipinski definition) is 5. The molecule has 0 saturated heterocycles. The summed E-state index contributed by atoms with van der Waals surface area (Å²) in [6.07, 6.45) is 1.40. The number of nitrogens with one attached hydrogen (secondary N) is 2. The van der Waals surface area contributed by atoms with Crippen molar-refractivity contribution in [3.63, 3.8) is 0 Å². The first-order valence-electron chi connectivity index (χ1n) is 8.48. The summed E-state index contributed by atoms with van der Waals surface area (Å²) in [7, 11) is 0. The van der Waals surface area contributed by atoms with E-state index in [1.54, 1.807) is 30.3 Å². The molecule has 28 heavy (non-hydrogen) atoms. The van der Waals surface area contributed by atoms with Crippen molar-refractivity contribution in [3.8, 4) is 0 Å². The van der Waals surface area contributed by atoms with Gasteiger partial charge in [-0.2, -0.15) is 8.78 Å². The first kappa shape index (κ1) is 21.0. The van der Waals surface area contributed by atoms with Crippen molar-refractivity contribution in [2.75, 3.05) is 24.2 Å². The van der Waals surface area contributed by atoms with Crippen LogP contribution in [0.1, 0.15) is 24.1 Å². The molecule has 1 unspecified atom stereocenters. The summed E-state index contributed by atoms with van der Waals surface area (Å²) in [4.78, 5) is 20.4. The first-order valence-corrected chi connectivity index (χ1v) is 8.48. The molecule has 0 fully saturated rings. The van der Waals surface area contributed by atoms with Gasteiger partial charge < -0.3 is 21.5 Å². The number of amidine groups is 1. The van der Waals surface area contributed by atoms with Gasteiger partial charge in [-0.3, -0.25) is 10.3 Å². The Kier molecular flexibility index (Phi) is 7.64. The fourth-order valence-electron chi connectivity index (χ4n) is 2.40. The average Bonchev–Trinajstić information content (AvgIpc) is 2.66. The van der Waals surface area contributed by atoms with E-state index in [0.717, 1.165) is 0 Å². The molecule has 10 heteroatoms. The van der Waals surface area contributed by atoms with Crippen molar-refractivity contribution in [2.45, 2.75) is 19.6 Å². The molecule has 0 radical (unpaired) electrons. The molecule has 2 rings (SSSR count). The summed E-state index contributed by atoms with van der Waals surface area (Å²) in [6.45, 7) is -1.01. The number of nitrogens with zero attached hydrogens (tertiary/aromatic N) is 2. The van der Waals surface area contributed by atoms with Crippen LogP contribution in [0.3, 0.4) is 0 Å². The van der Waals surface area contributed by atoms with E-state index in [9.17, 15) is 13.6 Å². The third kappa shape index (κ3) is 6.16. The van der Waals surface area contributed by atoms with E-state index >= 15 is 0 Å². The molecule has 1 aromatic heterocycles. The standard InChI is InChI=1S/C18H22F2N6O2/c1-2-23-16(22)12-9-24-15(8-13(12)21)26-18(27)25-14(10-28-17(19)20)11-6-4-3-5-7-11/h3-9,14,17H,2,10H2,1H3,(H2,22,23)(H4,21,24,25,26,27). The molecule has 0 saturated carbocycles. The molecular weight excluding hydrogens is 370 g/mol. The lowest BCUT2D eigenvalue weighted by atomic mass is 10.1. The number of nitrogens with two attached hydrogens (primary N) is 2. The van der Waals surface area contributed by atoms with E-state index in [-0.39, 0.29) is 11.7 Å². The fraction of sp³-hybridized carbons (Fsp3) is 0.278. The van der Waals surface area contributed by atoms with Gasteiger partial charge in [-0.15, -0.1) is 0 Å². The highest BCUT2D eigenvalue weighted by molar-refractivity contribution is 6.02. The zero-order chi connectivity index (χ0) is 20.5. The van der Waals surface area contributed by atoms with Crippen molar-refractivity contribution < 1.29 is 18.3 Å². The summed E-state index contributed by atoms with van der Waals surface area (Å²) in [5, 5.41) is 5.08. The molecule has 0 aliphatic heterocycles. The lowest BCUT2D eigenvalue weighted by Gasteiger charge is -2.19. The van der Waals surface area contributed by atoms with Crippen molar-refractivity contribution in [1.29, 1.82) is 0 Å². The average molecular weight is 392 g/mol. The predicted octanol–water partition coefficient (Wildman–Crippen LogP) is 2.49. The van der Waals surface area contributed by atoms with Crippen molar-refractivity contribution in [3.05, 3.63) is 53.7 Å². The van der Waals surface area contributed by atoms with Gasteiger partial charge in [0.25, 0.3) is 0 Å². The number of amides is 2. The van der Waals surface area contributed by atoms with Gasteiger partial charge in [0.1, 0.15) is 11.7 Å². The van der Waals surface area contributed by atoms with Crippen molar-refractivity contribution in [2.24, 2.45) is 10.7 Å². The number of hydrogen-bond donors (Lipinski definition) is 4. The Labute approximate surface area is 161 Å². The number of pyridine rings is 1. The second kappa shape index (κ2) is 10.2. The normalized spacial score (nSPS) is 12.6. The van der Waals surface area contributed by atoms with Crippen LogP contribution in [-0.4, -0.2) is 36.6 Å². The van der Waals surface area contributed by atoms with Crippen LogP contribution in [0.2, 0.25) is 0 Å². The minimum atomic E-state index is -2.94. The monoisotopic (exact) mass is 392 g/mol. The number of rotatable bonds is 8. The summed E-state index contributed by atoms with van der Waals surface area (Å²) in [5.74, 6) is 0.418. The summed E-state index contributed by atoms with van der Waals surface area (Å²) in [5.41, 5.74) is 13.1. The maximum atomic E-state index is 12.4. The molecule has 0 bridgehead atoms. The Hall–Kier alpha value is -3.27. The SMILES string of the molecule is CCN=C(N)c1cnc(NC(=O)NC(COC(F)F)c2ccccc2)cc1N. The van der Waals surface area contributed by atoms with Gasteiger partial charge >= 0.3 is 12.6 Å². The molecule has 6 N–H and O–H groups in total. The zero-order valence-corrected chi connectivity index (χ0v) is 15.2. The Morgan fingerprint density at radius 1 is 1.32 bits per heavy atom. The zero-order valence-electron chi connectivity index (χ0n) is 15.2. The second-order valence-electron chi connectivity index (χ2n) is 5.67. The number of aromatic nitrogens is 1. The summed E-state index contributed by atoms with van der Waals surface area (Å²) >= 11 is 0. The van der Waals surface area contributed by atoms with Gasteiger partial charge in [-0.05, 0) is 12.5 Å². The fourth-order valence-corrected chi connectivity index (χ4v) is 2.40. The van der Waals surface area contributed by atoms with E-state index in [4.69, 9.17) is 11.5 Å². The van der Waals surface area contributed by atoms with E-state index in [1.165, 1.54) is 12.3 Å². The number of carbonyl (C=O) groups is 1. The van der Waals surface area contributed by atoms with Gasteiger partial charge in [-0.25, -0.2) is 9.78 Å². The first-order chi connectivity index (χ1) is 13.4. The Morgan fingerprint density at radius 3 is 2.64 bits per heavy atom. The van der Waals surface area contributed by atoms with Crippen molar-refractivity contribution in [1.82, 2.24) is 10.3 Å². The molecule has 150 valence electrons. The van der Waals surface area contributed by atoms with Gasteiger partial charge in [0.2, 0.25) is 0 Å². The Balaban J connectivity index is 2.07. The van der Waals surface area contributed by atoms with Crippen LogP contribution in [-0.2, 0) is 4.74 Å². The van der Waals surface area contributed by atoms with Gasteiger partial charge in [-0.1, -0.05) is 30.3 Å². The number of carbonyl (C=O) groups excluding carboxylic acids is 1. The molecule has 0 spiro atoms. The highest BCUT2D eigenvalue weighted by Crippen LogP contribution is 2.17. The topological polar surface area (TPSA) is 128 Å². The quantitative estimate of drug-likeness (QED) is 0.405. The van der Waals surface area contributed by atoms with Crippen LogP contribution in [0.25, 0.3) is 0 Å². The van der Waals surface area contributed by atoms with E-state index in [1.807, 2.05) is 6.92 Å². The molecule has 1 heterocycles. The van der Waals surface area contributed by atoms with Gasteiger partial charge in [0, 0.05) is 24.5 Å². The highest BCUT2D eigenvalue weighted by atomic mass is 19.3. The predicted molar refractivity (Wildman–Crippen MR) is 103 cm³/mol. The Bertz CT molecular complexity index is 817. The van der Waals surface area contributed by atoms with Gasteiger partial charge in [0.05, 0.1) is 18.2 Å². The summed E-state index contributed by atoms with van der Waals surface area (Å²) in [6, 6.07) is 8.62. The number of aliphatic imine (C=N–C) groups is 1. The number of halogens is 2. The number of anilines is 2. The Morgan fingerprint density at radius 2 is 2.04 bits per heavy atom. The molecule has 2 aromatic rings. The minimum Gasteiger partial charge on any atom is -0.398 e. The third-order valence-corrected chi connectivity index (χ3v) is 3.68. The molecular formula is C18H22F2N6O2. The van der Waals surface area contributed by atoms with E-state index < -0.39 is 25.3 Å². The van der Waals surface area contributed by atoms with Crippen LogP contribution in [0.5, 0.6) is 0 Å². The van der Waals surface area contributed by atoms with Crippen LogP contribution >= 0.6 is 0 Å². The van der Waals surface area contributed by atoms with E-state index in [0.29, 0.717) is 23.4 Å². The molecule has 1 atom stereocenters.